The van der Waals surface area contributed by atoms with Crippen molar-refractivity contribution in [3.8, 4) is 0 Å². The molecule has 0 unspecified atom stereocenters. The highest BCUT2D eigenvalue weighted by atomic mass is 16.3. The van der Waals surface area contributed by atoms with Crippen molar-refractivity contribution in [2.45, 2.75) is 32.1 Å². The Bertz CT molecular complexity index is 205. The molecular weight excluding hydrogens is 166 g/mol. The Morgan fingerprint density at radius 2 is 1.85 bits per heavy atom. The van der Waals surface area contributed by atoms with E-state index in [9.17, 15) is 4.79 Å². The largest absolute Gasteiger partial charge is 0.395 e. The SMILES string of the molecule is O=C(N1CCCCC1)C1(CO)CC1. The number of piperidine rings is 1. The number of nitrogens with zero attached hydrogens (tertiary/aromatic N) is 1. The molecule has 1 amide bonds. The first-order valence-electron chi connectivity index (χ1n) is 5.19. The van der Waals surface area contributed by atoms with Crippen molar-refractivity contribution in [2.75, 3.05) is 19.7 Å². The Morgan fingerprint density at radius 1 is 1.23 bits per heavy atom. The van der Waals surface area contributed by atoms with Crippen LogP contribution in [0, 0.1) is 5.41 Å². The molecule has 2 fully saturated rings. The van der Waals surface area contributed by atoms with E-state index in [-0.39, 0.29) is 17.9 Å². The van der Waals surface area contributed by atoms with E-state index in [0.29, 0.717) is 0 Å². The Labute approximate surface area is 78.7 Å². The molecule has 0 aromatic carbocycles. The Balaban J connectivity index is 1.95. The van der Waals surface area contributed by atoms with Crippen LogP contribution in [0.5, 0.6) is 0 Å². The van der Waals surface area contributed by atoms with Crippen LogP contribution in [0.2, 0.25) is 0 Å². The van der Waals surface area contributed by atoms with Gasteiger partial charge in [0, 0.05) is 13.1 Å². The van der Waals surface area contributed by atoms with Gasteiger partial charge in [-0.25, -0.2) is 0 Å². The van der Waals surface area contributed by atoms with Gasteiger partial charge >= 0.3 is 0 Å². The molecule has 1 N–H and O–H groups in total. The molecule has 1 heterocycles. The maximum atomic E-state index is 11.9. The van der Waals surface area contributed by atoms with E-state index < -0.39 is 0 Å². The quantitative estimate of drug-likeness (QED) is 0.687. The number of hydrogen-bond donors (Lipinski definition) is 1. The summed E-state index contributed by atoms with van der Waals surface area (Å²) in [4.78, 5) is 13.8. The van der Waals surface area contributed by atoms with Gasteiger partial charge in [0.15, 0.2) is 0 Å². The van der Waals surface area contributed by atoms with Gasteiger partial charge in [0.2, 0.25) is 5.91 Å². The third-order valence-electron chi connectivity index (χ3n) is 3.25. The summed E-state index contributed by atoms with van der Waals surface area (Å²) in [6.45, 7) is 1.85. The molecule has 1 aliphatic carbocycles. The minimum atomic E-state index is -0.350. The molecule has 1 aliphatic heterocycles. The third-order valence-corrected chi connectivity index (χ3v) is 3.25. The highest BCUT2D eigenvalue weighted by Gasteiger charge is 2.51. The van der Waals surface area contributed by atoms with Crippen LogP contribution < -0.4 is 0 Å². The highest BCUT2D eigenvalue weighted by molar-refractivity contribution is 5.85. The predicted molar refractivity (Wildman–Crippen MR) is 49.2 cm³/mol. The second-order valence-electron chi connectivity index (χ2n) is 4.29. The summed E-state index contributed by atoms with van der Waals surface area (Å²) in [7, 11) is 0. The number of hydrogen-bond acceptors (Lipinski definition) is 2. The molecule has 0 aromatic heterocycles. The molecule has 0 aromatic rings. The lowest BCUT2D eigenvalue weighted by Crippen LogP contribution is -2.41. The second-order valence-corrected chi connectivity index (χ2v) is 4.29. The normalized spacial score (nSPS) is 25.8. The van der Waals surface area contributed by atoms with Gasteiger partial charge in [0.25, 0.3) is 0 Å². The lowest BCUT2D eigenvalue weighted by atomic mass is 10.0. The van der Waals surface area contributed by atoms with Crippen LogP contribution in [0.4, 0.5) is 0 Å². The number of carbonyl (C=O) groups excluding carboxylic acids is 1. The van der Waals surface area contributed by atoms with E-state index in [1.165, 1.54) is 6.42 Å². The predicted octanol–water partition coefficient (Wildman–Crippen LogP) is 0.771. The standard InChI is InChI=1S/C10H17NO2/c12-8-10(4-5-10)9(13)11-6-2-1-3-7-11/h12H,1-8H2. The number of amides is 1. The first-order valence-corrected chi connectivity index (χ1v) is 5.19. The second kappa shape index (κ2) is 3.29. The zero-order chi connectivity index (χ0) is 9.31. The monoisotopic (exact) mass is 183 g/mol. The fourth-order valence-corrected chi connectivity index (χ4v) is 2.02. The third kappa shape index (κ3) is 1.57. The van der Waals surface area contributed by atoms with Crippen LogP contribution in [0.1, 0.15) is 32.1 Å². The number of aliphatic hydroxyl groups excluding tert-OH is 1. The summed E-state index contributed by atoms with van der Waals surface area (Å²) in [5.74, 6) is 0.203. The van der Waals surface area contributed by atoms with Crippen LogP contribution in [-0.4, -0.2) is 35.6 Å². The van der Waals surface area contributed by atoms with Crippen LogP contribution in [0.3, 0.4) is 0 Å². The van der Waals surface area contributed by atoms with E-state index in [0.717, 1.165) is 38.8 Å². The van der Waals surface area contributed by atoms with Crippen molar-refractivity contribution in [1.82, 2.24) is 4.90 Å². The maximum Gasteiger partial charge on any atom is 0.231 e. The Hall–Kier alpha value is -0.570. The van der Waals surface area contributed by atoms with Crippen molar-refractivity contribution >= 4 is 5.91 Å². The van der Waals surface area contributed by atoms with Crippen LogP contribution in [-0.2, 0) is 4.79 Å². The van der Waals surface area contributed by atoms with Gasteiger partial charge in [-0.1, -0.05) is 0 Å². The van der Waals surface area contributed by atoms with E-state index in [2.05, 4.69) is 0 Å². The molecule has 0 atom stereocenters. The summed E-state index contributed by atoms with van der Waals surface area (Å²) < 4.78 is 0. The van der Waals surface area contributed by atoms with Gasteiger partial charge in [0.05, 0.1) is 12.0 Å². The molecule has 3 nitrogen and oxygen atoms in total. The smallest absolute Gasteiger partial charge is 0.231 e. The van der Waals surface area contributed by atoms with E-state index in [4.69, 9.17) is 5.11 Å². The van der Waals surface area contributed by atoms with Gasteiger partial charge in [-0.15, -0.1) is 0 Å². The van der Waals surface area contributed by atoms with Gasteiger partial charge in [-0.3, -0.25) is 4.79 Å². The molecule has 2 aliphatic rings. The number of aliphatic hydroxyl groups is 1. The molecule has 0 bridgehead atoms. The average Bonchev–Trinajstić information content (AvgIpc) is 2.99. The first-order chi connectivity index (χ1) is 6.28. The molecule has 13 heavy (non-hydrogen) atoms. The van der Waals surface area contributed by atoms with Gasteiger partial charge < -0.3 is 10.0 Å². The van der Waals surface area contributed by atoms with Crippen molar-refractivity contribution < 1.29 is 9.90 Å². The van der Waals surface area contributed by atoms with E-state index in [1.807, 2.05) is 4.90 Å². The Morgan fingerprint density at radius 3 is 2.31 bits per heavy atom. The molecule has 3 heteroatoms. The summed E-state index contributed by atoms with van der Waals surface area (Å²) >= 11 is 0. The maximum absolute atomic E-state index is 11.9. The highest BCUT2D eigenvalue weighted by Crippen LogP contribution is 2.46. The fourth-order valence-electron chi connectivity index (χ4n) is 2.02. The summed E-state index contributed by atoms with van der Waals surface area (Å²) in [6.07, 6.45) is 5.29. The van der Waals surface area contributed by atoms with Gasteiger partial charge in [0.1, 0.15) is 0 Å². The average molecular weight is 183 g/mol. The van der Waals surface area contributed by atoms with E-state index in [1.54, 1.807) is 0 Å². The molecule has 0 radical (unpaired) electrons. The fraction of sp³-hybridized carbons (Fsp3) is 0.900. The molecule has 1 saturated carbocycles. The van der Waals surface area contributed by atoms with Crippen LogP contribution in [0.15, 0.2) is 0 Å². The summed E-state index contributed by atoms with van der Waals surface area (Å²) in [5, 5.41) is 9.11. The van der Waals surface area contributed by atoms with Crippen molar-refractivity contribution in [3.63, 3.8) is 0 Å². The van der Waals surface area contributed by atoms with Crippen molar-refractivity contribution in [2.24, 2.45) is 5.41 Å². The van der Waals surface area contributed by atoms with Crippen LogP contribution in [0.25, 0.3) is 0 Å². The molecule has 0 spiro atoms. The molecule has 2 rings (SSSR count). The summed E-state index contributed by atoms with van der Waals surface area (Å²) in [6, 6.07) is 0. The van der Waals surface area contributed by atoms with E-state index >= 15 is 0 Å². The van der Waals surface area contributed by atoms with Crippen molar-refractivity contribution in [1.29, 1.82) is 0 Å². The minimum absolute atomic E-state index is 0.0440. The lowest BCUT2D eigenvalue weighted by Gasteiger charge is -2.29. The lowest BCUT2D eigenvalue weighted by molar-refractivity contribution is -0.139. The molecular formula is C10H17NO2. The van der Waals surface area contributed by atoms with Crippen molar-refractivity contribution in [3.05, 3.63) is 0 Å². The molecule has 1 saturated heterocycles. The number of carbonyl (C=O) groups is 1. The van der Waals surface area contributed by atoms with Gasteiger partial charge in [-0.05, 0) is 32.1 Å². The molecule has 74 valence electrons. The number of likely N-dealkylation sites (tertiary alicyclic amines) is 1. The topological polar surface area (TPSA) is 40.5 Å². The first kappa shape index (κ1) is 9.00. The van der Waals surface area contributed by atoms with Crippen LogP contribution >= 0.6 is 0 Å². The minimum Gasteiger partial charge on any atom is -0.395 e. The summed E-state index contributed by atoms with van der Waals surface area (Å²) in [5.41, 5.74) is -0.350. The zero-order valence-electron chi connectivity index (χ0n) is 7.96. The number of rotatable bonds is 2. The zero-order valence-corrected chi connectivity index (χ0v) is 7.96. The Kier molecular flexibility index (Phi) is 2.28. The van der Waals surface area contributed by atoms with Gasteiger partial charge in [-0.2, -0.15) is 0 Å².